The van der Waals surface area contributed by atoms with Crippen LogP contribution in [0.5, 0.6) is 17.2 Å². The fraction of sp³-hybridized carbons (Fsp3) is 0.200. The second-order valence-corrected chi connectivity index (χ2v) is 5.78. The highest BCUT2D eigenvalue weighted by molar-refractivity contribution is 6.92. The van der Waals surface area contributed by atoms with Gasteiger partial charge in [-0.25, -0.2) is 0 Å². The minimum atomic E-state index is -0.358. The molecule has 0 saturated carbocycles. The Bertz CT molecular complexity index is 869. The summed E-state index contributed by atoms with van der Waals surface area (Å²) in [5.41, 5.74) is 3.73. The molecule has 0 N–H and O–H groups in total. The van der Waals surface area contributed by atoms with Crippen LogP contribution in [0.3, 0.4) is 0 Å². The summed E-state index contributed by atoms with van der Waals surface area (Å²) < 4.78 is 16.1. The van der Waals surface area contributed by atoms with Crippen molar-refractivity contribution >= 4 is 33.5 Å². The second kappa shape index (κ2) is 8.15. The van der Waals surface area contributed by atoms with Crippen LogP contribution in [0.1, 0.15) is 30.5 Å². The minimum Gasteiger partial charge on any atom is -0.488 e. The number of ether oxygens (including phenoxy) is 3. The van der Waals surface area contributed by atoms with Gasteiger partial charge in [0.15, 0.2) is 0 Å². The van der Waals surface area contributed by atoms with E-state index in [0.717, 1.165) is 28.0 Å². The Labute approximate surface area is 155 Å². The van der Waals surface area contributed by atoms with Gasteiger partial charge in [-0.1, -0.05) is 12.1 Å². The zero-order valence-corrected chi connectivity index (χ0v) is 16.4. The summed E-state index contributed by atoms with van der Waals surface area (Å²) in [6.07, 6.45) is 2.05. The van der Waals surface area contributed by atoms with Crippen LogP contribution in [-0.2, 0) is 9.59 Å². The predicted molar refractivity (Wildman–Crippen MR) is 105 cm³/mol. The number of carbonyl (C=O) groups excluding carboxylic acids is 2. The molecule has 0 fully saturated rings. The summed E-state index contributed by atoms with van der Waals surface area (Å²) in [6, 6.07) is 10.9. The van der Waals surface area contributed by atoms with E-state index in [1.54, 1.807) is 18.2 Å². The number of rotatable bonds is 3. The molecule has 0 spiro atoms. The van der Waals surface area contributed by atoms with Crippen molar-refractivity contribution in [3.8, 4) is 17.2 Å². The maximum atomic E-state index is 11.2. The number of hydrogen-bond donors (Lipinski definition) is 0. The van der Waals surface area contributed by atoms with Gasteiger partial charge in [0.25, 0.3) is 0 Å². The fourth-order valence-electron chi connectivity index (χ4n) is 2.71. The molecule has 1 aliphatic rings. The zero-order chi connectivity index (χ0) is 18.0. The van der Waals surface area contributed by atoms with Crippen LogP contribution < -0.4 is 14.2 Å². The first-order chi connectivity index (χ1) is 11.9. The van der Waals surface area contributed by atoms with E-state index in [1.165, 1.54) is 13.8 Å². The monoisotopic (exact) mass is 372 g/mol. The number of esters is 2. The van der Waals surface area contributed by atoms with Crippen molar-refractivity contribution < 1.29 is 23.8 Å². The Morgan fingerprint density at radius 2 is 1.62 bits per heavy atom. The predicted octanol–water partition coefficient (Wildman–Crippen LogP) is 3.84. The summed E-state index contributed by atoms with van der Waals surface area (Å²) in [6.45, 7) is 5.01. The smallest absolute Gasteiger partial charge is 0.308 e. The molecule has 5 nitrogen and oxygen atoms in total. The average molecular weight is 372 g/mol. The van der Waals surface area contributed by atoms with E-state index in [2.05, 4.69) is 0 Å². The second-order valence-electron chi connectivity index (χ2n) is 5.78. The van der Waals surface area contributed by atoms with Crippen molar-refractivity contribution in [3.05, 3.63) is 53.1 Å². The highest BCUT2D eigenvalue weighted by atomic mass is 31.0. The van der Waals surface area contributed by atoms with Gasteiger partial charge in [-0.05, 0) is 48.4 Å². The van der Waals surface area contributed by atoms with Gasteiger partial charge in [-0.15, -0.1) is 0 Å². The van der Waals surface area contributed by atoms with Crippen LogP contribution in [0.4, 0.5) is 0 Å². The maximum Gasteiger partial charge on any atom is 0.308 e. The molecule has 1 aliphatic heterocycles. The van der Waals surface area contributed by atoms with Gasteiger partial charge in [0, 0.05) is 25.0 Å². The topological polar surface area (TPSA) is 61.8 Å². The summed E-state index contributed by atoms with van der Waals surface area (Å²) in [4.78, 5) is 22.1. The van der Waals surface area contributed by atoms with Crippen LogP contribution in [0.2, 0.25) is 0 Å². The molecule has 2 aromatic carbocycles. The van der Waals surface area contributed by atoms with Gasteiger partial charge in [0.1, 0.15) is 23.9 Å². The lowest BCUT2D eigenvalue weighted by molar-refractivity contribution is -0.132. The van der Waals surface area contributed by atoms with E-state index >= 15 is 0 Å². The number of fused-ring (bicyclic) bond motifs is 1. The van der Waals surface area contributed by atoms with Crippen molar-refractivity contribution in [2.45, 2.75) is 20.8 Å². The first-order valence-electron chi connectivity index (χ1n) is 7.88. The Morgan fingerprint density at radius 1 is 0.962 bits per heavy atom. The molecule has 0 radical (unpaired) electrons. The molecule has 0 amide bonds. The molecule has 0 saturated heterocycles. The van der Waals surface area contributed by atoms with E-state index in [1.807, 2.05) is 31.2 Å². The Kier molecular flexibility index (Phi) is 6.17. The van der Waals surface area contributed by atoms with Crippen molar-refractivity contribution in [1.29, 1.82) is 0 Å². The molecule has 6 heteroatoms. The van der Waals surface area contributed by atoms with E-state index < -0.39 is 0 Å². The van der Waals surface area contributed by atoms with E-state index in [4.69, 9.17) is 14.2 Å². The minimum absolute atomic E-state index is 0. The summed E-state index contributed by atoms with van der Waals surface area (Å²) in [5, 5.41) is 0. The molecule has 1 heterocycles. The summed E-state index contributed by atoms with van der Waals surface area (Å²) in [5.74, 6) is 1.03. The summed E-state index contributed by atoms with van der Waals surface area (Å²) in [7, 11) is 0. The van der Waals surface area contributed by atoms with Crippen LogP contribution in [-0.4, -0.2) is 18.5 Å². The molecule has 1 unspecified atom stereocenters. The van der Waals surface area contributed by atoms with E-state index in [-0.39, 0.29) is 21.8 Å². The largest absolute Gasteiger partial charge is 0.488 e. The van der Waals surface area contributed by atoms with Crippen molar-refractivity contribution in [3.63, 3.8) is 0 Å². The first-order valence-corrected chi connectivity index (χ1v) is 7.88. The third kappa shape index (κ3) is 4.30. The van der Waals surface area contributed by atoms with Crippen LogP contribution in [0, 0.1) is 6.92 Å². The number of hydrogen-bond acceptors (Lipinski definition) is 5. The van der Waals surface area contributed by atoms with Crippen molar-refractivity contribution in [1.82, 2.24) is 0 Å². The zero-order valence-electron chi connectivity index (χ0n) is 15.0. The van der Waals surface area contributed by atoms with Crippen LogP contribution >= 0.6 is 9.90 Å². The van der Waals surface area contributed by atoms with Crippen molar-refractivity contribution in [2.75, 3.05) is 6.61 Å². The third-order valence-electron chi connectivity index (χ3n) is 3.83. The molecular formula is C20H21O5P. The third-order valence-corrected chi connectivity index (χ3v) is 3.83. The highest BCUT2D eigenvalue weighted by Crippen LogP contribution is 2.37. The van der Waals surface area contributed by atoms with Crippen LogP contribution in [0.25, 0.3) is 11.6 Å². The van der Waals surface area contributed by atoms with Gasteiger partial charge in [-0.2, -0.15) is 9.90 Å². The number of benzene rings is 2. The molecule has 26 heavy (non-hydrogen) atoms. The number of carbonyl (C=O) groups is 2. The van der Waals surface area contributed by atoms with Gasteiger partial charge in [-0.3, -0.25) is 9.59 Å². The Balaban J connectivity index is 0.00000243. The normalized spacial score (nSPS) is 12.0. The standard InChI is InChI=1S/C20H18O5.H3P/c1-12-19(25-14(3)22)9-6-16-10-17(11-23-20(12)16)15-4-7-18(8-5-15)24-13(2)21;/h4-10H,11H2,1-3H3;1H3. The molecule has 136 valence electrons. The van der Waals surface area contributed by atoms with Gasteiger partial charge >= 0.3 is 11.9 Å². The lowest BCUT2D eigenvalue weighted by atomic mass is 9.99. The van der Waals surface area contributed by atoms with E-state index in [9.17, 15) is 9.59 Å². The van der Waals surface area contributed by atoms with Crippen LogP contribution in [0.15, 0.2) is 36.4 Å². The Morgan fingerprint density at radius 3 is 2.23 bits per heavy atom. The quantitative estimate of drug-likeness (QED) is 0.465. The van der Waals surface area contributed by atoms with Gasteiger partial charge < -0.3 is 14.2 Å². The molecule has 3 rings (SSSR count). The average Bonchev–Trinajstić information content (AvgIpc) is 2.57. The van der Waals surface area contributed by atoms with Gasteiger partial charge in [0.2, 0.25) is 0 Å². The van der Waals surface area contributed by atoms with Gasteiger partial charge in [0.05, 0.1) is 0 Å². The molecule has 0 bridgehead atoms. The van der Waals surface area contributed by atoms with E-state index in [0.29, 0.717) is 18.1 Å². The Hall–Kier alpha value is -2.65. The lowest BCUT2D eigenvalue weighted by Gasteiger charge is -2.21. The maximum absolute atomic E-state index is 11.2. The molecule has 1 atom stereocenters. The lowest BCUT2D eigenvalue weighted by Crippen LogP contribution is -2.10. The molecule has 2 aromatic rings. The molecule has 0 aromatic heterocycles. The molecular weight excluding hydrogens is 351 g/mol. The highest BCUT2D eigenvalue weighted by Gasteiger charge is 2.18. The van der Waals surface area contributed by atoms with Crippen molar-refractivity contribution in [2.24, 2.45) is 0 Å². The first kappa shape index (κ1) is 19.7. The fourth-order valence-corrected chi connectivity index (χ4v) is 2.71. The summed E-state index contributed by atoms with van der Waals surface area (Å²) >= 11 is 0. The molecule has 0 aliphatic carbocycles. The SMILES string of the molecule is CC(=O)Oc1ccc(C2=Cc3ccc(OC(C)=O)c(C)c3OC2)cc1.P.